The molecular weight excluding hydrogens is 170 g/mol. The zero-order chi connectivity index (χ0) is 7.97. The van der Waals surface area contributed by atoms with Gasteiger partial charge in [-0.25, -0.2) is 4.98 Å². The van der Waals surface area contributed by atoms with Crippen molar-refractivity contribution < 1.29 is 4.74 Å². The zero-order valence-electron chi connectivity index (χ0n) is 6.41. The van der Waals surface area contributed by atoms with E-state index in [9.17, 15) is 0 Å². The van der Waals surface area contributed by atoms with Gasteiger partial charge in [0.1, 0.15) is 5.75 Å². The molecule has 0 saturated heterocycles. The van der Waals surface area contributed by atoms with Gasteiger partial charge in [0.05, 0.1) is 22.3 Å². The van der Waals surface area contributed by atoms with Crippen molar-refractivity contribution in [2.45, 2.75) is 6.42 Å². The summed E-state index contributed by atoms with van der Waals surface area (Å²) in [5, 5.41) is 0. The minimum Gasteiger partial charge on any atom is -0.493 e. The van der Waals surface area contributed by atoms with Crippen molar-refractivity contribution in [2.24, 2.45) is 0 Å². The van der Waals surface area contributed by atoms with Gasteiger partial charge in [-0.3, -0.25) is 0 Å². The standard InChI is InChI=1S/C9H7NOS/c1-2-11-8-4-9-7(3-6(1)8)10-5-12-9/h3-5H,1-2H2. The molecule has 0 saturated carbocycles. The predicted molar refractivity (Wildman–Crippen MR) is 48.8 cm³/mol. The Kier molecular flexibility index (Phi) is 1.18. The van der Waals surface area contributed by atoms with Crippen LogP contribution in [0.4, 0.5) is 0 Å². The number of hydrogen-bond donors (Lipinski definition) is 0. The molecule has 2 heterocycles. The van der Waals surface area contributed by atoms with Crippen LogP contribution in [0.25, 0.3) is 10.2 Å². The number of rotatable bonds is 0. The molecule has 1 aromatic carbocycles. The normalized spacial score (nSPS) is 14.7. The first kappa shape index (κ1) is 6.43. The fraction of sp³-hybridized carbons (Fsp3) is 0.222. The molecule has 0 fully saturated rings. The minimum absolute atomic E-state index is 0.826. The molecule has 2 nitrogen and oxygen atoms in total. The van der Waals surface area contributed by atoms with Crippen LogP contribution in [-0.4, -0.2) is 11.6 Å². The van der Waals surface area contributed by atoms with Crippen LogP contribution >= 0.6 is 11.3 Å². The molecule has 3 rings (SSSR count). The highest BCUT2D eigenvalue weighted by atomic mass is 32.1. The van der Waals surface area contributed by atoms with Crippen LogP contribution in [0.2, 0.25) is 0 Å². The molecule has 0 unspecified atom stereocenters. The summed E-state index contributed by atoms with van der Waals surface area (Å²) in [5.74, 6) is 1.05. The summed E-state index contributed by atoms with van der Waals surface area (Å²) < 4.78 is 6.67. The summed E-state index contributed by atoms with van der Waals surface area (Å²) in [4.78, 5) is 4.26. The largest absolute Gasteiger partial charge is 0.493 e. The number of thiazole rings is 1. The molecule has 3 heteroatoms. The Morgan fingerprint density at radius 1 is 1.42 bits per heavy atom. The van der Waals surface area contributed by atoms with Gasteiger partial charge in [-0.1, -0.05) is 0 Å². The lowest BCUT2D eigenvalue weighted by atomic mass is 10.1. The fourth-order valence-electron chi connectivity index (χ4n) is 1.53. The second kappa shape index (κ2) is 2.20. The first-order chi connectivity index (χ1) is 5.93. The number of aromatic nitrogens is 1. The maximum Gasteiger partial charge on any atom is 0.124 e. The molecule has 0 bridgehead atoms. The quantitative estimate of drug-likeness (QED) is 0.615. The molecule has 2 aromatic rings. The van der Waals surface area contributed by atoms with E-state index in [4.69, 9.17) is 4.74 Å². The summed E-state index contributed by atoms with van der Waals surface area (Å²) in [7, 11) is 0. The van der Waals surface area contributed by atoms with Gasteiger partial charge >= 0.3 is 0 Å². The van der Waals surface area contributed by atoms with E-state index in [0.717, 1.165) is 24.3 Å². The van der Waals surface area contributed by atoms with Crippen molar-refractivity contribution in [3.63, 3.8) is 0 Å². The van der Waals surface area contributed by atoms with Crippen LogP contribution in [0.1, 0.15) is 5.56 Å². The lowest BCUT2D eigenvalue weighted by Crippen LogP contribution is -1.85. The van der Waals surface area contributed by atoms with Gasteiger partial charge in [-0.2, -0.15) is 0 Å². The third-order valence-corrected chi connectivity index (χ3v) is 2.93. The summed E-state index contributed by atoms with van der Waals surface area (Å²) in [5.41, 5.74) is 4.28. The number of nitrogens with zero attached hydrogens (tertiary/aromatic N) is 1. The number of fused-ring (bicyclic) bond motifs is 2. The highest BCUT2D eigenvalue weighted by Gasteiger charge is 2.13. The van der Waals surface area contributed by atoms with E-state index in [-0.39, 0.29) is 0 Å². The first-order valence-electron chi connectivity index (χ1n) is 3.92. The third-order valence-electron chi connectivity index (χ3n) is 2.14. The van der Waals surface area contributed by atoms with Gasteiger partial charge in [0.2, 0.25) is 0 Å². The molecule has 0 aliphatic carbocycles. The summed E-state index contributed by atoms with van der Waals surface area (Å²) in [6.07, 6.45) is 1.03. The zero-order valence-corrected chi connectivity index (χ0v) is 7.23. The first-order valence-corrected chi connectivity index (χ1v) is 4.80. The lowest BCUT2D eigenvalue weighted by molar-refractivity contribution is 0.357. The van der Waals surface area contributed by atoms with Crippen LogP contribution in [-0.2, 0) is 6.42 Å². The van der Waals surface area contributed by atoms with Gasteiger partial charge in [0, 0.05) is 6.42 Å². The third kappa shape index (κ3) is 0.770. The predicted octanol–water partition coefficient (Wildman–Crippen LogP) is 2.23. The Balaban J connectivity index is 2.38. The van der Waals surface area contributed by atoms with Crippen LogP contribution in [0.3, 0.4) is 0 Å². The fourth-order valence-corrected chi connectivity index (χ4v) is 2.22. The number of ether oxygens (including phenoxy) is 1. The molecule has 1 aliphatic rings. The molecular formula is C9H7NOS. The number of hydrogen-bond acceptors (Lipinski definition) is 3. The molecule has 0 radical (unpaired) electrons. The SMILES string of the molecule is c1nc2cc3c(cc2s1)OCC3. The Hall–Kier alpha value is -1.09. The van der Waals surface area contributed by atoms with Crippen molar-refractivity contribution in [3.8, 4) is 5.75 Å². The lowest BCUT2D eigenvalue weighted by Gasteiger charge is -1.96. The Morgan fingerprint density at radius 2 is 2.42 bits per heavy atom. The van der Waals surface area contributed by atoms with Gasteiger partial charge in [0.25, 0.3) is 0 Å². The number of benzene rings is 1. The molecule has 1 aromatic heterocycles. The van der Waals surface area contributed by atoms with Gasteiger partial charge in [-0.15, -0.1) is 11.3 Å². The van der Waals surface area contributed by atoms with E-state index in [0.29, 0.717) is 0 Å². The Morgan fingerprint density at radius 3 is 3.42 bits per heavy atom. The van der Waals surface area contributed by atoms with Crippen LogP contribution in [0.15, 0.2) is 17.6 Å². The van der Waals surface area contributed by atoms with Crippen molar-refractivity contribution in [1.29, 1.82) is 0 Å². The van der Waals surface area contributed by atoms with E-state index in [1.807, 2.05) is 5.51 Å². The van der Waals surface area contributed by atoms with Crippen molar-refractivity contribution >= 4 is 21.6 Å². The monoisotopic (exact) mass is 177 g/mol. The molecule has 12 heavy (non-hydrogen) atoms. The smallest absolute Gasteiger partial charge is 0.124 e. The summed E-state index contributed by atoms with van der Waals surface area (Å²) in [6, 6.07) is 4.23. The van der Waals surface area contributed by atoms with Gasteiger partial charge in [0.15, 0.2) is 0 Å². The van der Waals surface area contributed by atoms with E-state index in [1.165, 1.54) is 10.3 Å². The minimum atomic E-state index is 0.826. The maximum absolute atomic E-state index is 5.45. The molecule has 0 N–H and O–H groups in total. The van der Waals surface area contributed by atoms with Crippen LogP contribution < -0.4 is 4.74 Å². The second-order valence-corrected chi connectivity index (χ2v) is 3.76. The van der Waals surface area contributed by atoms with E-state index in [1.54, 1.807) is 11.3 Å². The average Bonchev–Trinajstić information content (AvgIpc) is 2.64. The molecule has 0 spiro atoms. The topological polar surface area (TPSA) is 22.1 Å². The maximum atomic E-state index is 5.45. The van der Waals surface area contributed by atoms with Crippen molar-refractivity contribution in [3.05, 3.63) is 23.2 Å². The molecule has 0 amide bonds. The van der Waals surface area contributed by atoms with Gasteiger partial charge < -0.3 is 4.74 Å². The van der Waals surface area contributed by atoms with Crippen LogP contribution in [0, 0.1) is 0 Å². The highest BCUT2D eigenvalue weighted by molar-refractivity contribution is 7.16. The van der Waals surface area contributed by atoms with Crippen LogP contribution in [0.5, 0.6) is 5.75 Å². The molecule has 1 aliphatic heterocycles. The Bertz CT molecular complexity index is 397. The van der Waals surface area contributed by atoms with Gasteiger partial charge in [-0.05, 0) is 17.7 Å². The van der Waals surface area contributed by atoms with E-state index in [2.05, 4.69) is 17.1 Å². The second-order valence-electron chi connectivity index (χ2n) is 2.88. The van der Waals surface area contributed by atoms with E-state index < -0.39 is 0 Å². The molecule has 0 atom stereocenters. The summed E-state index contributed by atoms with van der Waals surface area (Å²) in [6.45, 7) is 0.826. The highest BCUT2D eigenvalue weighted by Crippen LogP contribution is 2.31. The summed E-state index contributed by atoms with van der Waals surface area (Å²) >= 11 is 1.66. The average molecular weight is 177 g/mol. The molecule has 60 valence electrons. The van der Waals surface area contributed by atoms with Crippen molar-refractivity contribution in [1.82, 2.24) is 4.98 Å². The van der Waals surface area contributed by atoms with E-state index >= 15 is 0 Å². The Labute approximate surface area is 73.8 Å². The van der Waals surface area contributed by atoms with Crippen molar-refractivity contribution in [2.75, 3.05) is 6.61 Å².